The van der Waals surface area contributed by atoms with Crippen LogP contribution in [0.2, 0.25) is 0 Å². The third-order valence-electron chi connectivity index (χ3n) is 4.26. The molecule has 2 rings (SSSR count). The molecule has 0 heterocycles. The molecule has 0 bridgehead atoms. The van der Waals surface area contributed by atoms with Crippen molar-refractivity contribution in [3.8, 4) is 0 Å². The molecule has 0 saturated heterocycles. The number of carbonyl (C=O) groups excluding carboxylic acids is 1. The minimum absolute atomic E-state index is 0.122. The van der Waals surface area contributed by atoms with Gasteiger partial charge in [-0.3, -0.25) is 4.79 Å². The van der Waals surface area contributed by atoms with Gasteiger partial charge in [0.2, 0.25) is 0 Å². The Balaban J connectivity index is 2.14. The maximum Gasteiger partial charge on any atom is 0.254 e. The number of amides is 1. The molecule has 0 spiro atoms. The molecule has 2 N–H and O–H groups in total. The van der Waals surface area contributed by atoms with Crippen molar-refractivity contribution >= 4 is 11.6 Å². The first kappa shape index (κ1) is 13.9. The third-order valence-corrected chi connectivity index (χ3v) is 4.26. The van der Waals surface area contributed by atoms with Gasteiger partial charge in [0.1, 0.15) is 0 Å². The number of aryl methyl sites for hydroxylation is 1. The van der Waals surface area contributed by atoms with E-state index in [0.29, 0.717) is 11.7 Å². The fourth-order valence-electron chi connectivity index (χ4n) is 3.04. The summed E-state index contributed by atoms with van der Waals surface area (Å²) in [6.07, 6.45) is 4.76. The number of carbonyl (C=O) groups is 1. The van der Waals surface area contributed by atoms with Gasteiger partial charge in [-0.25, -0.2) is 0 Å². The van der Waals surface area contributed by atoms with Gasteiger partial charge < -0.3 is 10.6 Å². The Morgan fingerprint density at radius 3 is 2.74 bits per heavy atom. The predicted octanol–water partition coefficient (Wildman–Crippen LogP) is 3.23. The lowest BCUT2D eigenvalue weighted by Crippen LogP contribution is -2.40. The van der Waals surface area contributed by atoms with E-state index >= 15 is 0 Å². The van der Waals surface area contributed by atoms with Crippen molar-refractivity contribution in [2.45, 2.75) is 45.6 Å². The molecule has 1 aliphatic rings. The lowest BCUT2D eigenvalue weighted by Gasteiger charge is -2.34. The molecule has 1 amide bonds. The Morgan fingerprint density at radius 1 is 1.37 bits per heavy atom. The Morgan fingerprint density at radius 2 is 2.11 bits per heavy atom. The second kappa shape index (κ2) is 5.64. The molecule has 1 saturated carbocycles. The number of nitrogen functional groups attached to an aromatic ring is 1. The van der Waals surface area contributed by atoms with Crippen LogP contribution in [-0.4, -0.2) is 23.9 Å². The second-order valence-corrected chi connectivity index (χ2v) is 5.92. The molecule has 1 aromatic carbocycles. The number of hydrogen-bond donors (Lipinski definition) is 1. The fraction of sp³-hybridized carbons (Fsp3) is 0.562. The van der Waals surface area contributed by atoms with E-state index < -0.39 is 0 Å². The van der Waals surface area contributed by atoms with Gasteiger partial charge in [-0.2, -0.15) is 0 Å². The summed E-state index contributed by atoms with van der Waals surface area (Å²) in [5.41, 5.74) is 8.18. The van der Waals surface area contributed by atoms with Gasteiger partial charge in [0, 0.05) is 24.3 Å². The van der Waals surface area contributed by atoms with Gasteiger partial charge >= 0.3 is 0 Å². The lowest BCUT2D eigenvalue weighted by molar-refractivity contribution is 0.0671. The average Bonchev–Trinajstić information content (AvgIpc) is 2.37. The fourth-order valence-corrected chi connectivity index (χ4v) is 3.04. The summed E-state index contributed by atoms with van der Waals surface area (Å²) in [5, 5.41) is 0. The standard InChI is InChI=1S/C16H24N2O/c1-11-5-4-6-14(9-11)18(3)16(19)15-8-7-13(17)10-12(15)2/h7-8,10-11,14H,4-6,9,17H2,1-3H3. The normalized spacial score (nSPS) is 23.1. The molecular formula is C16H24N2O. The number of hydrogen-bond acceptors (Lipinski definition) is 2. The van der Waals surface area contributed by atoms with Gasteiger partial charge in [-0.15, -0.1) is 0 Å². The number of nitrogens with zero attached hydrogens (tertiary/aromatic N) is 1. The molecule has 0 radical (unpaired) electrons. The maximum atomic E-state index is 12.6. The third kappa shape index (κ3) is 3.09. The van der Waals surface area contributed by atoms with Crippen LogP contribution in [0.1, 0.15) is 48.5 Å². The highest BCUT2D eigenvalue weighted by Crippen LogP contribution is 2.28. The van der Waals surface area contributed by atoms with E-state index in [2.05, 4.69) is 6.92 Å². The highest BCUT2D eigenvalue weighted by molar-refractivity contribution is 5.96. The molecule has 1 aliphatic carbocycles. The average molecular weight is 260 g/mol. The van der Waals surface area contributed by atoms with E-state index in [-0.39, 0.29) is 5.91 Å². The summed E-state index contributed by atoms with van der Waals surface area (Å²) in [6.45, 7) is 4.22. The highest BCUT2D eigenvalue weighted by Gasteiger charge is 2.26. The predicted molar refractivity (Wildman–Crippen MR) is 79.1 cm³/mol. The van der Waals surface area contributed by atoms with Gasteiger partial charge in [-0.1, -0.05) is 19.8 Å². The molecule has 1 fully saturated rings. The van der Waals surface area contributed by atoms with Crippen LogP contribution in [-0.2, 0) is 0 Å². The zero-order valence-corrected chi connectivity index (χ0v) is 12.1. The van der Waals surface area contributed by atoms with Crippen molar-refractivity contribution in [3.63, 3.8) is 0 Å². The zero-order chi connectivity index (χ0) is 14.0. The summed E-state index contributed by atoms with van der Waals surface area (Å²) >= 11 is 0. The molecule has 2 unspecified atom stereocenters. The molecule has 0 aromatic heterocycles. The molecule has 3 heteroatoms. The number of benzene rings is 1. The van der Waals surface area contributed by atoms with Crippen LogP contribution in [0, 0.1) is 12.8 Å². The van der Waals surface area contributed by atoms with Crippen molar-refractivity contribution in [3.05, 3.63) is 29.3 Å². The number of nitrogens with two attached hydrogens (primary N) is 1. The van der Waals surface area contributed by atoms with Crippen LogP contribution in [0.3, 0.4) is 0 Å². The van der Waals surface area contributed by atoms with Crippen molar-refractivity contribution in [1.29, 1.82) is 0 Å². The van der Waals surface area contributed by atoms with E-state index in [0.717, 1.165) is 29.9 Å². The van der Waals surface area contributed by atoms with Crippen LogP contribution in [0.4, 0.5) is 5.69 Å². The van der Waals surface area contributed by atoms with Crippen molar-refractivity contribution in [2.24, 2.45) is 5.92 Å². The molecule has 104 valence electrons. The summed E-state index contributed by atoms with van der Waals surface area (Å²) in [6, 6.07) is 5.89. The van der Waals surface area contributed by atoms with Crippen molar-refractivity contribution in [2.75, 3.05) is 12.8 Å². The SMILES string of the molecule is Cc1cc(N)ccc1C(=O)N(C)C1CCCC(C)C1. The van der Waals surface area contributed by atoms with Gasteiger partial charge in [0.05, 0.1) is 0 Å². The minimum Gasteiger partial charge on any atom is -0.399 e. The molecule has 19 heavy (non-hydrogen) atoms. The molecule has 0 aliphatic heterocycles. The Labute approximate surface area is 115 Å². The second-order valence-electron chi connectivity index (χ2n) is 5.92. The summed E-state index contributed by atoms with van der Waals surface area (Å²) in [4.78, 5) is 14.5. The maximum absolute atomic E-state index is 12.6. The van der Waals surface area contributed by atoms with E-state index in [1.807, 2.05) is 31.0 Å². The Bertz CT molecular complexity index is 470. The monoisotopic (exact) mass is 260 g/mol. The Hall–Kier alpha value is -1.51. The van der Waals surface area contributed by atoms with Crippen molar-refractivity contribution < 1.29 is 4.79 Å². The van der Waals surface area contributed by atoms with E-state index in [9.17, 15) is 4.79 Å². The van der Waals surface area contributed by atoms with E-state index in [4.69, 9.17) is 5.73 Å². The number of anilines is 1. The molecular weight excluding hydrogens is 236 g/mol. The minimum atomic E-state index is 0.122. The molecule has 3 nitrogen and oxygen atoms in total. The molecule has 1 aromatic rings. The summed E-state index contributed by atoms with van der Waals surface area (Å²) in [5.74, 6) is 0.845. The van der Waals surface area contributed by atoms with Crippen LogP contribution >= 0.6 is 0 Å². The van der Waals surface area contributed by atoms with Crippen LogP contribution in [0.25, 0.3) is 0 Å². The lowest BCUT2D eigenvalue weighted by atomic mass is 9.86. The largest absolute Gasteiger partial charge is 0.399 e. The van der Waals surface area contributed by atoms with Gasteiger partial charge in [0.15, 0.2) is 0 Å². The van der Waals surface area contributed by atoms with Gasteiger partial charge in [0.25, 0.3) is 5.91 Å². The highest BCUT2D eigenvalue weighted by atomic mass is 16.2. The van der Waals surface area contributed by atoms with E-state index in [1.54, 1.807) is 6.07 Å². The molecule has 2 atom stereocenters. The summed E-state index contributed by atoms with van der Waals surface area (Å²) in [7, 11) is 1.93. The first-order valence-corrected chi connectivity index (χ1v) is 7.12. The van der Waals surface area contributed by atoms with E-state index in [1.165, 1.54) is 12.8 Å². The summed E-state index contributed by atoms with van der Waals surface area (Å²) < 4.78 is 0. The van der Waals surface area contributed by atoms with Gasteiger partial charge in [-0.05, 0) is 49.4 Å². The Kier molecular flexibility index (Phi) is 4.13. The van der Waals surface area contributed by atoms with Crippen LogP contribution in [0.5, 0.6) is 0 Å². The quantitative estimate of drug-likeness (QED) is 0.830. The van der Waals surface area contributed by atoms with Crippen LogP contribution < -0.4 is 5.73 Å². The first-order valence-electron chi connectivity index (χ1n) is 7.12. The van der Waals surface area contributed by atoms with Crippen LogP contribution in [0.15, 0.2) is 18.2 Å². The zero-order valence-electron chi connectivity index (χ0n) is 12.1. The topological polar surface area (TPSA) is 46.3 Å². The first-order chi connectivity index (χ1) is 8.99. The smallest absolute Gasteiger partial charge is 0.254 e. The van der Waals surface area contributed by atoms with Crippen molar-refractivity contribution in [1.82, 2.24) is 4.90 Å². The number of rotatable bonds is 2.